The molecule has 0 unspecified atom stereocenters. The fourth-order valence-corrected chi connectivity index (χ4v) is 3.04. The van der Waals surface area contributed by atoms with E-state index in [0.29, 0.717) is 11.3 Å². The molecule has 2 aromatic rings. The zero-order chi connectivity index (χ0) is 17.0. The number of nitriles is 1. The molecule has 8 heteroatoms. The Morgan fingerprint density at radius 2 is 1.83 bits per heavy atom. The summed E-state index contributed by atoms with van der Waals surface area (Å²) in [7, 11) is -2.51. The van der Waals surface area contributed by atoms with Gasteiger partial charge in [-0.2, -0.15) is 5.26 Å². The van der Waals surface area contributed by atoms with Crippen molar-refractivity contribution in [3.05, 3.63) is 58.6 Å². The van der Waals surface area contributed by atoms with Gasteiger partial charge < -0.3 is 5.32 Å². The lowest BCUT2D eigenvalue weighted by Crippen LogP contribution is -2.20. The standard InChI is InChI=1S/C15H12ClN3O3S/c1-18-23(21,22)14-8-11(4-7-13(14)16)15(20)19-12-5-2-10(9-17)3-6-12/h2-8,18H,1H3,(H,19,20). The Morgan fingerprint density at radius 3 is 2.39 bits per heavy atom. The zero-order valence-electron chi connectivity index (χ0n) is 12.0. The number of benzene rings is 2. The molecule has 0 heterocycles. The molecular weight excluding hydrogens is 338 g/mol. The van der Waals surface area contributed by atoms with Gasteiger partial charge in [-0.05, 0) is 49.5 Å². The van der Waals surface area contributed by atoms with Crippen LogP contribution in [0.2, 0.25) is 5.02 Å². The number of sulfonamides is 1. The first-order valence-corrected chi connectivity index (χ1v) is 8.28. The molecular formula is C15H12ClN3O3S. The number of anilines is 1. The van der Waals surface area contributed by atoms with Gasteiger partial charge in [-0.3, -0.25) is 4.79 Å². The average Bonchev–Trinajstić information content (AvgIpc) is 2.55. The summed E-state index contributed by atoms with van der Waals surface area (Å²) in [5.41, 5.74) is 1.10. The summed E-state index contributed by atoms with van der Waals surface area (Å²) in [6.45, 7) is 0. The van der Waals surface area contributed by atoms with Gasteiger partial charge in [-0.25, -0.2) is 13.1 Å². The summed E-state index contributed by atoms with van der Waals surface area (Å²) < 4.78 is 25.9. The Hall–Kier alpha value is -2.40. The van der Waals surface area contributed by atoms with Crippen LogP contribution in [0, 0.1) is 11.3 Å². The third kappa shape index (κ3) is 3.87. The van der Waals surface area contributed by atoms with Gasteiger partial charge in [0.15, 0.2) is 0 Å². The Kier molecular flexibility index (Phi) is 5.01. The molecule has 2 rings (SSSR count). The maximum atomic E-state index is 12.2. The fraction of sp³-hybridized carbons (Fsp3) is 0.0667. The topological polar surface area (TPSA) is 99.1 Å². The highest BCUT2D eigenvalue weighted by atomic mass is 35.5. The van der Waals surface area contributed by atoms with Crippen molar-refractivity contribution in [3.63, 3.8) is 0 Å². The minimum absolute atomic E-state index is 0.0225. The Bertz CT molecular complexity index is 887. The first-order valence-electron chi connectivity index (χ1n) is 6.42. The van der Waals surface area contributed by atoms with Crippen molar-refractivity contribution in [2.45, 2.75) is 4.90 Å². The summed E-state index contributed by atoms with van der Waals surface area (Å²) in [6.07, 6.45) is 0. The van der Waals surface area contributed by atoms with E-state index in [1.807, 2.05) is 6.07 Å². The number of hydrogen-bond donors (Lipinski definition) is 2. The van der Waals surface area contributed by atoms with Gasteiger partial charge in [0.25, 0.3) is 5.91 Å². The van der Waals surface area contributed by atoms with E-state index < -0.39 is 15.9 Å². The highest BCUT2D eigenvalue weighted by Crippen LogP contribution is 2.23. The smallest absolute Gasteiger partial charge is 0.255 e. The number of rotatable bonds is 4. The highest BCUT2D eigenvalue weighted by Gasteiger charge is 2.18. The van der Waals surface area contributed by atoms with E-state index in [1.54, 1.807) is 24.3 Å². The maximum Gasteiger partial charge on any atom is 0.255 e. The number of amides is 1. The number of carbonyl (C=O) groups is 1. The molecule has 0 fully saturated rings. The monoisotopic (exact) mass is 349 g/mol. The number of carbonyl (C=O) groups excluding carboxylic acids is 1. The second-order valence-electron chi connectivity index (χ2n) is 4.50. The van der Waals surface area contributed by atoms with Gasteiger partial charge in [0.1, 0.15) is 4.90 Å². The van der Waals surface area contributed by atoms with Crippen molar-refractivity contribution in [1.82, 2.24) is 4.72 Å². The van der Waals surface area contributed by atoms with Gasteiger partial charge in [0.2, 0.25) is 10.0 Å². The molecule has 0 aliphatic carbocycles. The molecule has 2 N–H and O–H groups in total. The maximum absolute atomic E-state index is 12.2. The summed E-state index contributed by atoms with van der Waals surface area (Å²) in [5, 5.41) is 11.4. The van der Waals surface area contributed by atoms with Crippen LogP contribution in [-0.4, -0.2) is 21.4 Å². The first kappa shape index (κ1) is 17.0. The molecule has 2 aromatic carbocycles. The normalized spacial score (nSPS) is 10.8. The molecule has 0 saturated carbocycles. The number of nitrogens with one attached hydrogen (secondary N) is 2. The third-order valence-corrected chi connectivity index (χ3v) is 4.92. The van der Waals surface area contributed by atoms with Crippen LogP contribution < -0.4 is 10.0 Å². The summed E-state index contributed by atoms with van der Waals surface area (Å²) in [6, 6.07) is 12.2. The van der Waals surface area contributed by atoms with Gasteiger partial charge in [-0.15, -0.1) is 0 Å². The molecule has 1 amide bonds. The highest BCUT2D eigenvalue weighted by molar-refractivity contribution is 7.89. The van der Waals surface area contributed by atoms with E-state index in [1.165, 1.54) is 25.2 Å². The SMILES string of the molecule is CNS(=O)(=O)c1cc(C(=O)Nc2ccc(C#N)cc2)ccc1Cl. The molecule has 0 saturated heterocycles. The molecule has 23 heavy (non-hydrogen) atoms. The number of halogens is 1. The number of nitrogens with zero attached hydrogens (tertiary/aromatic N) is 1. The van der Waals surface area contributed by atoms with Crippen molar-refractivity contribution < 1.29 is 13.2 Å². The Morgan fingerprint density at radius 1 is 1.17 bits per heavy atom. The lowest BCUT2D eigenvalue weighted by atomic mass is 10.2. The molecule has 0 radical (unpaired) electrons. The predicted molar refractivity (Wildman–Crippen MR) is 86.8 cm³/mol. The van der Waals surface area contributed by atoms with E-state index >= 15 is 0 Å². The Balaban J connectivity index is 2.29. The molecule has 0 aliphatic rings. The van der Waals surface area contributed by atoms with Crippen molar-refractivity contribution in [3.8, 4) is 6.07 Å². The van der Waals surface area contributed by atoms with Crippen LogP contribution >= 0.6 is 11.6 Å². The second-order valence-corrected chi connectivity index (χ2v) is 6.76. The van der Waals surface area contributed by atoms with Crippen LogP contribution in [0.1, 0.15) is 15.9 Å². The van der Waals surface area contributed by atoms with Crippen LogP contribution in [0.4, 0.5) is 5.69 Å². The van der Waals surface area contributed by atoms with Crippen molar-refractivity contribution in [2.75, 3.05) is 12.4 Å². The zero-order valence-corrected chi connectivity index (χ0v) is 13.6. The van der Waals surface area contributed by atoms with Gasteiger partial charge >= 0.3 is 0 Å². The van der Waals surface area contributed by atoms with Crippen molar-refractivity contribution in [1.29, 1.82) is 5.26 Å². The minimum Gasteiger partial charge on any atom is -0.322 e. The Labute approximate surface area is 138 Å². The molecule has 0 aromatic heterocycles. The van der Waals surface area contributed by atoms with Crippen LogP contribution in [0.3, 0.4) is 0 Å². The van der Waals surface area contributed by atoms with Gasteiger partial charge in [0.05, 0.1) is 16.7 Å². The van der Waals surface area contributed by atoms with E-state index in [4.69, 9.17) is 16.9 Å². The van der Waals surface area contributed by atoms with E-state index in [-0.39, 0.29) is 15.5 Å². The van der Waals surface area contributed by atoms with E-state index in [2.05, 4.69) is 10.0 Å². The lowest BCUT2D eigenvalue weighted by molar-refractivity contribution is 0.102. The summed E-state index contributed by atoms with van der Waals surface area (Å²) >= 11 is 5.88. The lowest BCUT2D eigenvalue weighted by Gasteiger charge is -2.09. The van der Waals surface area contributed by atoms with E-state index in [0.717, 1.165) is 0 Å². The first-order chi connectivity index (χ1) is 10.9. The molecule has 6 nitrogen and oxygen atoms in total. The van der Waals surface area contributed by atoms with Gasteiger partial charge in [0, 0.05) is 11.3 Å². The van der Waals surface area contributed by atoms with Crippen molar-refractivity contribution >= 4 is 33.2 Å². The molecule has 0 spiro atoms. The minimum atomic E-state index is -3.76. The van der Waals surface area contributed by atoms with Crippen molar-refractivity contribution in [2.24, 2.45) is 0 Å². The molecule has 0 atom stereocenters. The predicted octanol–water partition coefficient (Wildman–Crippen LogP) is 2.37. The van der Waals surface area contributed by atoms with Crippen LogP contribution in [0.5, 0.6) is 0 Å². The largest absolute Gasteiger partial charge is 0.322 e. The molecule has 0 aliphatic heterocycles. The average molecular weight is 350 g/mol. The molecule has 0 bridgehead atoms. The summed E-state index contributed by atoms with van der Waals surface area (Å²) in [4.78, 5) is 12.0. The second kappa shape index (κ2) is 6.79. The number of hydrogen-bond acceptors (Lipinski definition) is 4. The van der Waals surface area contributed by atoms with E-state index in [9.17, 15) is 13.2 Å². The van der Waals surface area contributed by atoms with Gasteiger partial charge in [-0.1, -0.05) is 11.6 Å². The summed E-state index contributed by atoms with van der Waals surface area (Å²) in [5.74, 6) is -0.487. The quantitative estimate of drug-likeness (QED) is 0.885. The fourth-order valence-electron chi connectivity index (χ4n) is 1.79. The molecule has 118 valence electrons. The van der Waals surface area contributed by atoms with Crippen LogP contribution in [0.25, 0.3) is 0 Å². The van der Waals surface area contributed by atoms with Crippen LogP contribution in [-0.2, 0) is 10.0 Å². The third-order valence-electron chi connectivity index (χ3n) is 3.02. The van der Waals surface area contributed by atoms with Crippen LogP contribution in [0.15, 0.2) is 47.4 Å².